The first kappa shape index (κ1) is 24.2. The van der Waals surface area contributed by atoms with Crippen molar-refractivity contribution in [2.75, 3.05) is 0 Å². The van der Waals surface area contributed by atoms with Gasteiger partial charge in [0.1, 0.15) is 32.3 Å². The molecule has 2 aliphatic heterocycles. The lowest BCUT2D eigenvalue weighted by Gasteiger charge is -2.46. The zero-order chi connectivity index (χ0) is 22.2. The van der Waals surface area contributed by atoms with Gasteiger partial charge in [-0.25, -0.2) is 0 Å². The van der Waals surface area contributed by atoms with Gasteiger partial charge in [0.15, 0.2) is 0 Å². The Morgan fingerprint density at radius 1 is 0.367 bits per heavy atom. The first-order valence-corrected chi connectivity index (χ1v) is 22.9. The molecule has 0 aromatic heterocycles. The van der Waals surface area contributed by atoms with E-state index in [9.17, 15) is 0 Å². The minimum Gasteiger partial charge on any atom is -0.0974 e. The first-order chi connectivity index (χ1) is 14.4. The zero-order valence-electron chi connectivity index (χ0n) is 21.1. The lowest BCUT2D eigenvalue weighted by atomic mass is 10.3. The van der Waals surface area contributed by atoms with Gasteiger partial charge < -0.3 is 0 Å². The Morgan fingerprint density at radius 3 is 0.667 bits per heavy atom. The Morgan fingerprint density at radius 2 is 0.533 bits per heavy atom. The van der Waals surface area contributed by atoms with Gasteiger partial charge in [-0.05, 0) is 0 Å². The fourth-order valence-corrected chi connectivity index (χ4v) is 26.9. The van der Waals surface area contributed by atoms with Crippen LogP contribution in [0.2, 0.25) is 48.4 Å². The quantitative estimate of drug-likeness (QED) is 0.423. The minimum absolute atomic E-state index is 1.37. The van der Waals surface area contributed by atoms with Gasteiger partial charge in [0.25, 0.3) is 0 Å². The number of hydrogen-bond acceptors (Lipinski definition) is 0. The van der Waals surface area contributed by atoms with Crippen molar-refractivity contribution >= 4 is 53.0 Å². The molecular formula is C26H46Si4. The predicted octanol–water partition coefficient (Wildman–Crippen LogP) is 5.77. The molecule has 0 amide bonds. The molecule has 0 saturated heterocycles. The van der Waals surface area contributed by atoms with E-state index in [0.717, 1.165) is 0 Å². The average molecular weight is 471 g/mol. The highest BCUT2D eigenvalue weighted by atomic mass is 28.3. The van der Waals surface area contributed by atoms with Crippen molar-refractivity contribution in [1.82, 2.24) is 0 Å². The Bertz CT molecular complexity index is 687. The average Bonchev–Trinajstić information content (AvgIpc) is 2.82. The molecule has 2 aliphatic rings. The SMILES string of the molecule is CC[Si]1(CC)C=C[Si](CC)(CC)c2cc3c(cc21)[Si](CC)(CC)C=C[Si]3(CC)CC. The molecule has 0 atom stereocenters. The molecular weight excluding hydrogens is 425 g/mol. The molecule has 166 valence electrons. The van der Waals surface area contributed by atoms with E-state index >= 15 is 0 Å². The lowest BCUT2D eigenvalue weighted by molar-refractivity contribution is 1.25. The molecule has 0 N–H and O–H groups in total. The van der Waals surface area contributed by atoms with Crippen LogP contribution in [-0.4, -0.2) is 32.3 Å². The van der Waals surface area contributed by atoms with E-state index in [0.29, 0.717) is 0 Å². The molecule has 1 aromatic carbocycles. The molecule has 30 heavy (non-hydrogen) atoms. The van der Waals surface area contributed by atoms with Crippen LogP contribution in [0.3, 0.4) is 0 Å². The third-order valence-corrected chi connectivity index (χ3v) is 30.2. The van der Waals surface area contributed by atoms with Crippen LogP contribution in [0.1, 0.15) is 55.4 Å². The zero-order valence-corrected chi connectivity index (χ0v) is 25.1. The van der Waals surface area contributed by atoms with Crippen molar-refractivity contribution < 1.29 is 0 Å². The number of hydrogen-bond donors (Lipinski definition) is 0. The van der Waals surface area contributed by atoms with Crippen molar-refractivity contribution in [2.45, 2.75) is 104 Å². The summed E-state index contributed by atoms with van der Waals surface area (Å²) in [4.78, 5) is 0. The summed E-state index contributed by atoms with van der Waals surface area (Å²) in [7, 11) is -6.08. The summed E-state index contributed by atoms with van der Waals surface area (Å²) in [5, 5.41) is 7.59. The lowest BCUT2D eigenvalue weighted by Crippen LogP contribution is -2.72. The molecule has 0 fully saturated rings. The number of benzene rings is 1. The van der Waals surface area contributed by atoms with Crippen LogP contribution in [0.5, 0.6) is 0 Å². The highest BCUT2D eigenvalue weighted by Crippen LogP contribution is 2.31. The van der Waals surface area contributed by atoms with Crippen LogP contribution < -0.4 is 20.7 Å². The van der Waals surface area contributed by atoms with Gasteiger partial charge >= 0.3 is 0 Å². The van der Waals surface area contributed by atoms with Crippen molar-refractivity contribution in [1.29, 1.82) is 0 Å². The maximum Gasteiger partial charge on any atom is 0.108 e. The fourth-order valence-electron chi connectivity index (χ4n) is 6.71. The fraction of sp³-hybridized carbons (Fsp3) is 0.615. The van der Waals surface area contributed by atoms with Gasteiger partial charge in [-0.3, -0.25) is 0 Å². The van der Waals surface area contributed by atoms with Gasteiger partial charge in [-0.1, -0.05) is 159 Å². The van der Waals surface area contributed by atoms with Crippen LogP contribution >= 0.6 is 0 Å². The first-order valence-electron chi connectivity index (χ1n) is 13.0. The van der Waals surface area contributed by atoms with Crippen LogP contribution in [0.25, 0.3) is 0 Å². The molecule has 0 spiro atoms. The van der Waals surface area contributed by atoms with Crippen molar-refractivity contribution in [2.24, 2.45) is 0 Å². The number of rotatable bonds is 8. The van der Waals surface area contributed by atoms with Crippen LogP contribution in [-0.2, 0) is 0 Å². The molecule has 0 aliphatic carbocycles. The second-order valence-electron chi connectivity index (χ2n) is 10.1. The van der Waals surface area contributed by atoms with E-state index in [1.807, 2.05) is 20.7 Å². The minimum atomic E-state index is -1.52. The second-order valence-corrected chi connectivity index (χ2v) is 28.5. The van der Waals surface area contributed by atoms with Crippen LogP contribution in [0.4, 0.5) is 0 Å². The van der Waals surface area contributed by atoms with Crippen LogP contribution in [0.15, 0.2) is 34.9 Å². The molecule has 4 heteroatoms. The largest absolute Gasteiger partial charge is 0.108 e. The van der Waals surface area contributed by atoms with E-state index in [1.165, 1.54) is 48.4 Å². The van der Waals surface area contributed by atoms with E-state index in [4.69, 9.17) is 0 Å². The smallest absolute Gasteiger partial charge is 0.0974 e. The van der Waals surface area contributed by atoms with Gasteiger partial charge in [-0.2, -0.15) is 0 Å². The molecule has 1 aromatic rings. The summed E-state index contributed by atoms with van der Waals surface area (Å²) in [6.45, 7) is 19.9. The standard InChI is InChI=1S/C26H46Si4/c1-9-27(10-2)17-18-28(11-3,12-4)24-22-26-25(21-23(24)27)29(13-5,14-6)19-20-30(26,15-7)16-8/h17-22H,9-16H2,1-8H3. The van der Waals surface area contributed by atoms with Gasteiger partial charge in [0.2, 0.25) is 0 Å². The summed E-state index contributed by atoms with van der Waals surface area (Å²) in [6.07, 6.45) is 0. The molecule has 0 radical (unpaired) electrons. The maximum atomic E-state index is 2.90. The second kappa shape index (κ2) is 8.84. The van der Waals surface area contributed by atoms with Gasteiger partial charge in [0, 0.05) is 0 Å². The van der Waals surface area contributed by atoms with Crippen molar-refractivity contribution in [3.05, 3.63) is 34.9 Å². The molecule has 0 unspecified atom stereocenters. The topological polar surface area (TPSA) is 0 Å². The van der Waals surface area contributed by atoms with Crippen molar-refractivity contribution in [3.8, 4) is 0 Å². The Kier molecular flexibility index (Phi) is 7.13. The van der Waals surface area contributed by atoms with Gasteiger partial charge in [-0.15, -0.1) is 0 Å². The Balaban J connectivity index is 2.46. The monoisotopic (exact) mass is 470 g/mol. The highest BCUT2D eigenvalue weighted by Gasteiger charge is 2.48. The molecule has 0 bridgehead atoms. The predicted molar refractivity (Wildman–Crippen MR) is 150 cm³/mol. The summed E-state index contributed by atoms with van der Waals surface area (Å²) in [6, 6.07) is 16.8. The molecule has 2 heterocycles. The Labute approximate surface area is 191 Å². The van der Waals surface area contributed by atoms with Crippen molar-refractivity contribution in [3.63, 3.8) is 0 Å². The molecule has 3 rings (SSSR count). The molecule has 0 nitrogen and oxygen atoms in total. The normalized spacial score (nSPS) is 21.9. The maximum absolute atomic E-state index is 2.90. The van der Waals surface area contributed by atoms with E-state index < -0.39 is 32.3 Å². The number of fused-ring (bicyclic) bond motifs is 2. The van der Waals surface area contributed by atoms with Crippen LogP contribution in [0, 0.1) is 0 Å². The van der Waals surface area contributed by atoms with E-state index in [1.54, 1.807) is 0 Å². The highest BCUT2D eigenvalue weighted by molar-refractivity contribution is 7.12. The summed E-state index contributed by atoms with van der Waals surface area (Å²) < 4.78 is 0. The summed E-state index contributed by atoms with van der Waals surface area (Å²) >= 11 is 0. The third-order valence-electron chi connectivity index (χ3n) is 9.79. The van der Waals surface area contributed by atoms with E-state index in [-0.39, 0.29) is 0 Å². The van der Waals surface area contributed by atoms with E-state index in [2.05, 4.69) is 90.3 Å². The summed E-state index contributed by atoms with van der Waals surface area (Å²) in [5.74, 6) is 0. The molecule has 0 saturated carbocycles. The third kappa shape index (κ3) is 3.23. The summed E-state index contributed by atoms with van der Waals surface area (Å²) in [5.41, 5.74) is 11.3. The van der Waals surface area contributed by atoms with Gasteiger partial charge in [0.05, 0.1) is 0 Å². The Hall–Kier alpha value is -0.432.